The maximum absolute atomic E-state index is 13.2. The van der Waals surface area contributed by atoms with Crippen molar-refractivity contribution in [2.45, 2.75) is 51.6 Å². The second-order valence-electron chi connectivity index (χ2n) is 9.34. The van der Waals surface area contributed by atoms with Gasteiger partial charge in [0.15, 0.2) is 0 Å². The fraction of sp³-hybridized carbons (Fsp3) is 0.423. The van der Waals surface area contributed by atoms with Gasteiger partial charge in [0.1, 0.15) is 5.15 Å². The number of fused-ring (bicyclic) bond motifs is 3. The van der Waals surface area contributed by atoms with Gasteiger partial charge in [-0.3, -0.25) is 9.59 Å². The van der Waals surface area contributed by atoms with E-state index in [2.05, 4.69) is 33.8 Å². The van der Waals surface area contributed by atoms with Crippen LogP contribution in [0.15, 0.2) is 42.6 Å². The molecule has 0 unspecified atom stereocenters. The van der Waals surface area contributed by atoms with Crippen molar-refractivity contribution in [3.05, 3.63) is 64.6 Å². The normalized spacial score (nSPS) is 20.6. The van der Waals surface area contributed by atoms with E-state index in [9.17, 15) is 14.7 Å². The van der Waals surface area contributed by atoms with E-state index < -0.39 is 5.97 Å². The van der Waals surface area contributed by atoms with E-state index in [1.807, 2.05) is 23.2 Å². The first-order chi connectivity index (χ1) is 16.0. The van der Waals surface area contributed by atoms with E-state index in [1.54, 1.807) is 0 Å². The van der Waals surface area contributed by atoms with Gasteiger partial charge in [-0.15, -0.1) is 0 Å². The number of aliphatic carboxylic acids is 1. The Bertz CT molecular complexity index is 1180. The third-order valence-corrected chi connectivity index (χ3v) is 7.53. The molecule has 0 radical (unpaired) electrons. The van der Waals surface area contributed by atoms with Crippen LogP contribution in [0.25, 0.3) is 10.9 Å². The quantitative estimate of drug-likeness (QED) is 0.543. The highest BCUT2D eigenvalue weighted by molar-refractivity contribution is 6.29. The lowest BCUT2D eigenvalue weighted by molar-refractivity contribution is -0.143. The molecule has 172 valence electrons. The molecule has 1 saturated carbocycles. The zero-order chi connectivity index (χ0) is 22.9. The molecule has 3 heterocycles. The van der Waals surface area contributed by atoms with Crippen LogP contribution in [0.3, 0.4) is 0 Å². The number of carbonyl (C=O) groups is 2. The first-order valence-electron chi connectivity index (χ1n) is 11.7. The number of hydrogen-bond acceptors (Lipinski definition) is 3. The number of nitrogens with zero attached hydrogens (tertiary/aromatic N) is 3. The van der Waals surface area contributed by atoms with Crippen molar-refractivity contribution < 1.29 is 14.7 Å². The maximum atomic E-state index is 13.2. The third-order valence-electron chi connectivity index (χ3n) is 7.31. The van der Waals surface area contributed by atoms with E-state index in [1.165, 1.54) is 22.2 Å². The Morgan fingerprint density at radius 2 is 1.88 bits per heavy atom. The van der Waals surface area contributed by atoms with Crippen LogP contribution in [0, 0.1) is 11.8 Å². The molecule has 1 fully saturated rings. The van der Waals surface area contributed by atoms with E-state index in [4.69, 9.17) is 11.6 Å². The number of hydrogen-bond donors (Lipinski definition) is 1. The molecule has 0 spiro atoms. The highest BCUT2D eigenvalue weighted by Crippen LogP contribution is 2.34. The van der Waals surface area contributed by atoms with Gasteiger partial charge >= 0.3 is 5.97 Å². The average Bonchev–Trinajstić information content (AvgIpc) is 3.14. The van der Waals surface area contributed by atoms with E-state index >= 15 is 0 Å². The van der Waals surface area contributed by atoms with Crippen molar-refractivity contribution in [1.29, 1.82) is 0 Å². The van der Waals surface area contributed by atoms with Crippen LogP contribution in [0.4, 0.5) is 0 Å². The Hall–Kier alpha value is -2.86. The lowest BCUT2D eigenvalue weighted by Crippen LogP contribution is -2.38. The molecule has 3 aromatic rings. The number of rotatable bonds is 5. The summed E-state index contributed by atoms with van der Waals surface area (Å²) in [6.45, 7) is 2.02. The molecular formula is C26H28ClN3O3. The van der Waals surface area contributed by atoms with Crippen molar-refractivity contribution in [2.24, 2.45) is 11.8 Å². The average molecular weight is 466 g/mol. The zero-order valence-corrected chi connectivity index (χ0v) is 19.3. The summed E-state index contributed by atoms with van der Waals surface area (Å²) in [5.41, 5.74) is 4.78. The summed E-state index contributed by atoms with van der Waals surface area (Å²) in [5, 5.41) is 11.0. The molecule has 7 heteroatoms. The largest absolute Gasteiger partial charge is 0.481 e. The summed E-state index contributed by atoms with van der Waals surface area (Å²) >= 11 is 5.97. The van der Waals surface area contributed by atoms with Crippen LogP contribution >= 0.6 is 11.6 Å². The van der Waals surface area contributed by atoms with Crippen LogP contribution in [0.2, 0.25) is 5.15 Å². The topological polar surface area (TPSA) is 75.4 Å². The summed E-state index contributed by atoms with van der Waals surface area (Å²) in [6.07, 6.45) is 6.18. The third kappa shape index (κ3) is 4.49. The SMILES string of the molecule is O=C(O)C1CCC(CC(=O)N2CCc3c(n(Cc4ccc(Cl)nc4)c4ccccc34)C2)CC1. The standard InChI is InChI=1S/C26H28ClN3O3/c27-24-10-7-18(14-28-24)15-30-22-4-2-1-3-20(22)21-11-12-29(16-23(21)30)25(31)13-17-5-8-19(9-6-17)26(32)33/h1-4,7,10,14,17,19H,5-6,8-9,11-13,15-16H2,(H,32,33). The monoisotopic (exact) mass is 465 g/mol. The first-order valence-corrected chi connectivity index (χ1v) is 12.1. The molecule has 0 bridgehead atoms. The molecule has 1 N–H and O–H groups in total. The van der Waals surface area contributed by atoms with Gasteiger partial charge in [0, 0.05) is 42.3 Å². The second kappa shape index (κ2) is 9.18. The molecule has 1 aromatic carbocycles. The summed E-state index contributed by atoms with van der Waals surface area (Å²) in [6, 6.07) is 12.2. The van der Waals surface area contributed by atoms with Crippen LogP contribution in [-0.4, -0.2) is 38.0 Å². The van der Waals surface area contributed by atoms with Gasteiger partial charge < -0.3 is 14.6 Å². The lowest BCUT2D eigenvalue weighted by Gasteiger charge is -2.31. The van der Waals surface area contributed by atoms with Crippen LogP contribution in [-0.2, 0) is 29.1 Å². The zero-order valence-electron chi connectivity index (χ0n) is 18.5. The van der Waals surface area contributed by atoms with Crippen molar-refractivity contribution in [1.82, 2.24) is 14.5 Å². The van der Waals surface area contributed by atoms with Crippen molar-refractivity contribution in [3.63, 3.8) is 0 Å². The number of halogens is 1. The van der Waals surface area contributed by atoms with Crippen LogP contribution in [0.1, 0.15) is 48.9 Å². The number of para-hydroxylation sites is 1. The second-order valence-corrected chi connectivity index (χ2v) is 9.73. The highest BCUT2D eigenvalue weighted by Gasteiger charge is 2.31. The summed E-state index contributed by atoms with van der Waals surface area (Å²) < 4.78 is 2.31. The molecule has 33 heavy (non-hydrogen) atoms. The fourth-order valence-corrected chi connectivity index (χ4v) is 5.57. The summed E-state index contributed by atoms with van der Waals surface area (Å²) in [4.78, 5) is 30.6. The molecular weight excluding hydrogens is 438 g/mol. The molecule has 1 aliphatic heterocycles. The lowest BCUT2D eigenvalue weighted by atomic mass is 9.80. The number of benzene rings is 1. The first kappa shape index (κ1) is 22.0. The van der Waals surface area contributed by atoms with Gasteiger partial charge in [0.05, 0.1) is 12.5 Å². The smallest absolute Gasteiger partial charge is 0.306 e. The van der Waals surface area contributed by atoms with Gasteiger partial charge in [-0.25, -0.2) is 4.98 Å². The number of carboxylic acid groups (broad SMARTS) is 1. The molecule has 5 rings (SSSR count). The molecule has 6 nitrogen and oxygen atoms in total. The minimum Gasteiger partial charge on any atom is -0.481 e. The van der Waals surface area contributed by atoms with E-state index in [0.29, 0.717) is 43.4 Å². The summed E-state index contributed by atoms with van der Waals surface area (Å²) in [5.74, 6) is -0.469. The number of carboxylic acids is 1. The Kier molecular flexibility index (Phi) is 6.11. The molecule has 2 aliphatic rings. The van der Waals surface area contributed by atoms with E-state index in [-0.39, 0.29) is 11.8 Å². The van der Waals surface area contributed by atoms with Gasteiger partial charge in [-0.2, -0.15) is 0 Å². The Balaban J connectivity index is 1.35. The van der Waals surface area contributed by atoms with E-state index in [0.717, 1.165) is 31.4 Å². The van der Waals surface area contributed by atoms with Gasteiger partial charge in [0.25, 0.3) is 0 Å². The van der Waals surface area contributed by atoms with Gasteiger partial charge in [-0.1, -0.05) is 35.9 Å². The highest BCUT2D eigenvalue weighted by atomic mass is 35.5. The number of amides is 1. The van der Waals surface area contributed by atoms with Gasteiger partial charge in [-0.05, 0) is 61.3 Å². The van der Waals surface area contributed by atoms with Crippen molar-refractivity contribution >= 4 is 34.4 Å². The number of pyridine rings is 1. The minimum absolute atomic E-state index is 0.185. The van der Waals surface area contributed by atoms with Crippen LogP contribution in [0.5, 0.6) is 0 Å². The molecule has 1 amide bonds. The Labute approximate surface area is 198 Å². The maximum Gasteiger partial charge on any atom is 0.306 e. The minimum atomic E-state index is -0.702. The molecule has 0 atom stereocenters. The van der Waals surface area contributed by atoms with Gasteiger partial charge in [0.2, 0.25) is 5.91 Å². The Morgan fingerprint density at radius 3 is 2.61 bits per heavy atom. The fourth-order valence-electron chi connectivity index (χ4n) is 5.46. The molecule has 2 aromatic heterocycles. The predicted octanol–water partition coefficient (Wildman–Crippen LogP) is 4.90. The van der Waals surface area contributed by atoms with Crippen molar-refractivity contribution in [3.8, 4) is 0 Å². The predicted molar refractivity (Wildman–Crippen MR) is 127 cm³/mol. The number of aromatic nitrogens is 2. The molecule has 0 saturated heterocycles. The molecule has 1 aliphatic carbocycles. The van der Waals surface area contributed by atoms with Crippen LogP contribution < -0.4 is 0 Å². The Morgan fingerprint density at radius 1 is 1.09 bits per heavy atom. The summed E-state index contributed by atoms with van der Waals surface area (Å²) in [7, 11) is 0. The number of carbonyl (C=O) groups excluding carboxylic acids is 1. The van der Waals surface area contributed by atoms with Crippen molar-refractivity contribution in [2.75, 3.05) is 6.54 Å².